The summed E-state index contributed by atoms with van der Waals surface area (Å²) in [6.07, 6.45) is 6.56. The molecule has 0 saturated carbocycles. The van der Waals surface area contributed by atoms with Crippen LogP contribution in [0, 0.1) is 13.8 Å². The molecule has 0 unspecified atom stereocenters. The number of rotatable bonds is 6. The van der Waals surface area contributed by atoms with Gasteiger partial charge in [-0.3, -0.25) is 0 Å². The van der Waals surface area contributed by atoms with Gasteiger partial charge in [0.1, 0.15) is 0 Å². The van der Waals surface area contributed by atoms with E-state index in [1.54, 1.807) is 0 Å². The molecule has 27 heavy (non-hydrogen) atoms. The minimum atomic E-state index is 1.15. The number of para-hydroxylation sites is 1. The van der Waals surface area contributed by atoms with Crippen LogP contribution in [0.5, 0.6) is 0 Å². The molecule has 0 radical (unpaired) electrons. The molecule has 0 aromatic heterocycles. The first kappa shape index (κ1) is 19.3. The fraction of sp³-hybridized carbons (Fsp3) is 0.0800. The van der Waals surface area contributed by atoms with E-state index in [0.717, 1.165) is 11.4 Å². The molecule has 2 heteroatoms. The third-order valence-corrected chi connectivity index (χ3v) is 4.99. The van der Waals surface area contributed by atoms with Crippen molar-refractivity contribution >= 4 is 21.3 Å². The molecule has 3 aromatic rings. The van der Waals surface area contributed by atoms with Crippen molar-refractivity contribution in [1.82, 2.24) is 0 Å². The van der Waals surface area contributed by atoms with Gasteiger partial charge >= 0.3 is 173 Å². The average molecular weight is 521 g/mol. The Morgan fingerprint density at radius 1 is 0.778 bits per heavy atom. The summed E-state index contributed by atoms with van der Waals surface area (Å²) in [7, 11) is 0. The molecule has 0 aliphatic carbocycles. The van der Waals surface area contributed by atoms with Crippen molar-refractivity contribution in [2.75, 3.05) is 4.90 Å². The van der Waals surface area contributed by atoms with Crippen LogP contribution < -0.4 is 4.90 Å². The first-order valence-electron chi connectivity index (χ1n) is 8.99. The number of aryl methyl sites for hydroxylation is 2. The van der Waals surface area contributed by atoms with Gasteiger partial charge in [0.25, 0.3) is 0 Å². The van der Waals surface area contributed by atoms with Gasteiger partial charge in [-0.2, -0.15) is 0 Å². The van der Waals surface area contributed by atoms with Crippen molar-refractivity contribution in [3.05, 3.63) is 114 Å². The van der Waals surface area contributed by atoms with Crippen molar-refractivity contribution in [1.29, 1.82) is 0 Å². The maximum absolute atomic E-state index is 2.26. The Labute approximate surface area is 173 Å². The number of anilines is 2. The molecule has 3 rings (SSSR count). The fourth-order valence-electron chi connectivity index (χ4n) is 2.97. The van der Waals surface area contributed by atoms with Crippen molar-refractivity contribution in [2.24, 2.45) is 0 Å². The van der Waals surface area contributed by atoms with Crippen LogP contribution in [0.25, 0.3) is 5.57 Å². The Bertz CT molecular complexity index is 953. The number of hydrogen-bond acceptors (Lipinski definition) is 1. The molecule has 0 heterocycles. The molecule has 0 aliphatic rings. The van der Waals surface area contributed by atoms with Crippen molar-refractivity contribution < 1.29 is 19.4 Å². The fourth-order valence-corrected chi connectivity index (χ4v) is 3.26. The monoisotopic (exact) mass is 521 g/mol. The summed E-state index contributed by atoms with van der Waals surface area (Å²) >= 11 is 1.45. The third kappa shape index (κ3) is 5.02. The van der Waals surface area contributed by atoms with E-state index < -0.39 is 0 Å². The number of nitrogens with zero attached hydrogens (tertiary/aromatic N) is 1. The van der Waals surface area contributed by atoms with Crippen LogP contribution in [0.3, 0.4) is 0 Å². The summed E-state index contributed by atoms with van der Waals surface area (Å²) in [6, 6.07) is 27.7. The molecule has 0 atom stereocenters. The average Bonchev–Trinajstić information content (AvgIpc) is 2.70. The van der Waals surface area contributed by atoms with E-state index in [0.29, 0.717) is 0 Å². The molecule has 0 fully saturated rings. The van der Waals surface area contributed by atoms with E-state index in [-0.39, 0.29) is 0 Å². The Morgan fingerprint density at radius 3 is 2.07 bits per heavy atom. The van der Waals surface area contributed by atoms with Gasteiger partial charge in [0.05, 0.1) is 0 Å². The van der Waals surface area contributed by atoms with E-state index >= 15 is 0 Å². The Kier molecular flexibility index (Phi) is 6.73. The Hall–Kier alpha value is -2.50. The molecule has 0 N–H and O–H groups in total. The van der Waals surface area contributed by atoms with Gasteiger partial charge in [0.15, 0.2) is 0 Å². The van der Waals surface area contributed by atoms with Crippen molar-refractivity contribution in [3.63, 3.8) is 0 Å². The van der Waals surface area contributed by atoms with E-state index in [9.17, 15) is 0 Å². The first-order valence-corrected chi connectivity index (χ1v) is 10.7. The number of allylic oxidation sites excluding steroid dienone is 3. The van der Waals surface area contributed by atoms with Crippen LogP contribution in [-0.2, 0) is 19.4 Å². The zero-order valence-corrected chi connectivity index (χ0v) is 18.6. The standard InChI is InChI=1S/C25H23N.W/c1-4-10-22(25-14-9-8-11-21(25)3)19-26(23-12-6-5-7-13-23)24-17-15-20(2)16-18-24;/h1,4-19H,2-3H3;. The number of hydrogen-bond donors (Lipinski definition) is 0. The van der Waals surface area contributed by atoms with Gasteiger partial charge in [-0.15, -0.1) is 0 Å². The summed E-state index contributed by atoms with van der Waals surface area (Å²) in [4.78, 5) is 2.26. The predicted octanol–water partition coefficient (Wildman–Crippen LogP) is 6.39. The molecule has 0 bridgehead atoms. The first-order chi connectivity index (χ1) is 13.2. The normalized spacial score (nSPS) is 11.6. The van der Waals surface area contributed by atoms with Crippen molar-refractivity contribution in [3.8, 4) is 0 Å². The molecule has 0 spiro atoms. The summed E-state index contributed by atoms with van der Waals surface area (Å²) in [6.45, 7) is 4.28. The van der Waals surface area contributed by atoms with Crippen LogP contribution in [-0.4, -0.2) is 4.40 Å². The molecular weight excluding hydrogens is 498 g/mol. The SMILES string of the molecule is Cc1ccc(N(C=C(C=C[CH]=[W])c2ccccc2C)c2ccccc2)cc1. The van der Waals surface area contributed by atoms with E-state index in [1.165, 1.54) is 41.6 Å². The van der Waals surface area contributed by atoms with Crippen LogP contribution in [0.15, 0.2) is 97.2 Å². The molecule has 0 saturated heterocycles. The summed E-state index contributed by atoms with van der Waals surface area (Å²) < 4.78 is 2.14. The van der Waals surface area contributed by atoms with Gasteiger partial charge in [0.2, 0.25) is 0 Å². The van der Waals surface area contributed by atoms with Gasteiger partial charge in [-0.05, 0) is 0 Å². The van der Waals surface area contributed by atoms with Gasteiger partial charge in [-0.25, -0.2) is 0 Å². The topological polar surface area (TPSA) is 3.24 Å². The van der Waals surface area contributed by atoms with Crippen LogP contribution >= 0.6 is 0 Å². The van der Waals surface area contributed by atoms with E-state index in [1.807, 2.05) is 0 Å². The van der Waals surface area contributed by atoms with Crippen LogP contribution in [0.4, 0.5) is 11.4 Å². The zero-order chi connectivity index (χ0) is 19.1. The van der Waals surface area contributed by atoms with E-state index in [4.69, 9.17) is 0 Å². The molecule has 1 nitrogen and oxygen atoms in total. The second kappa shape index (κ2) is 9.44. The molecule has 3 aromatic carbocycles. The van der Waals surface area contributed by atoms with Gasteiger partial charge in [-0.1, -0.05) is 0 Å². The third-order valence-electron chi connectivity index (χ3n) is 4.43. The van der Waals surface area contributed by atoms with Crippen LogP contribution in [0.2, 0.25) is 0 Å². The second-order valence-corrected chi connectivity index (χ2v) is 7.41. The van der Waals surface area contributed by atoms with Crippen molar-refractivity contribution in [2.45, 2.75) is 13.8 Å². The molecule has 0 aliphatic heterocycles. The van der Waals surface area contributed by atoms with Crippen LogP contribution in [0.1, 0.15) is 16.7 Å². The van der Waals surface area contributed by atoms with Gasteiger partial charge in [0, 0.05) is 0 Å². The summed E-state index contributed by atoms with van der Waals surface area (Å²) in [5.41, 5.74) is 7.27. The second-order valence-electron chi connectivity index (χ2n) is 6.44. The summed E-state index contributed by atoms with van der Waals surface area (Å²) in [5, 5.41) is 0. The molecule has 134 valence electrons. The quantitative estimate of drug-likeness (QED) is 0.340. The number of benzene rings is 3. The van der Waals surface area contributed by atoms with Gasteiger partial charge < -0.3 is 0 Å². The Morgan fingerprint density at radius 2 is 1.41 bits per heavy atom. The predicted molar refractivity (Wildman–Crippen MR) is 114 cm³/mol. The summed E-state index contributed by atoms with van der Waals surface area (Å²) in [5.74, 6) is 0. The molecule has 0 amide bonds. The molecular formula is C25H23NW. The zero-order valence-electron chi connectivity index (χ0n) is 15.7. The Balaban J connectivity index is 2.16. The maximum atomic E-state index is 2.26. The minimum absolute atomic E-state index is 1.15. The van der Waals surface area contributed by atoms with E-state index in [2.05, 4.69) is 120 Å².